The van der Waals surface area contributed by atoms with E-state index in [0.29, 0.717) is 19.0 Å². The van der Waals surface area contributed by atoms with Crippen LogP contribution in [0.25, 0.3) is 5.82 Å². The van der Waals surface area contributed by atoms with Gasteiger partial charge >= 0.3 is 11.8 Å². The Bertz CT molecular complexity index is 922. The first kappa shape index (κ1) is 19.2. The number of nitrogens with zero attached hydrogens (tertiary/aromatic N) is 6. The van der Waals surface area contributed by atoms with Crippen molar-refractivity contribution in [1.29, 1.82) is 0 Å². The average molecular weight is 384 g/mol. The Morgan fingerprint density at radius 1 is 1.14 bits per heavy atom. The molecule has 3 heterocycles. The Balaban J connectivity index is 1.46. The Morgan fingerprint density at radius 3 is 2.64 bits per heavy atom. The molecule has 11 nitrogen and oxygen atoms in total. The number of carbonyl (C=O) groups excluding carboxylic acids is 2. The van der Waals surface area contributed by atoms with Gasteiger partial charge in [-0.05, 0) is 17.7 Å². The minimum Gasteiger partial charge on any atom is -0.383 e. The molecule has 0 fully saturated rings. The maximum atomic E-state index is 12.0. The Hall–Kier alpha value is -3.60. The van der Waals surface area contributed by atoms with Gasteiger partial charge in [0, 0.05) is 38.2 Å². The maximum absolute atomic E-state index is 12.0. The summed E-state index contributed by atoms with van der Waals surface area (Å²) in [5.74, 6) is -0.861. The van der Waals surface area contributed by atoms with Crippen LogP contribution in [0.4, 0.5) is 0 Å². The van der Waals surface area contributed by atoms with Crippen LogP contribution in [-0.4, -0.2) is 55.1 Å². The van der Waals surface area contributed by atoms with E-state index in [0.717, 1.165) is 11.1 Å². The van der Waals surface area contributed by atoms with Gasteiger partial charge in [0.2, 0.25) is 0 Å². The van der Waals surface area contributed by atoms with E-state index in [1.54, 1.807) is 42.5 Å². The number of nitrogens with one attached hydrogen (secondary N) is 2. The lowest BCUT2D eigenvalue weighted by molar-refractivity contribution is -0.139. The molecular formula is C17H20N8O3. The average Bonchev–Trinajstić information content (AvgIpc) is 3.41. The summed E-state index contributed by atoms with van der Waals surface area (Å²) < 4.78 is 8.20. The van der Waals surface area contributed by atoms with E-state index in [9.17, 15) is 9.59 Å². The van der Waals surface area contributed by atoms with Crippen LogP contribution in [0, 0.1) is 0 Å². The molecule has 2 N–H and O–H groups in total. The van der Waals surface area contributed by atoms with Crippen LogP contribution < -0.4 is 10.6 Å². The first-order valence-electron chi connectivity index (χ1n) is 8.52. The summed E-state index contributed by atoms with van der Waals surface area (Å²) in [5.41, 5.74) is 1.57. The number of amides is 2. The number of hydrogen-bond acceptors (Lipinski definition) is 7. The molecule has 3 rings (SSSR count). The summed E-state index contributed by atoms with van der Waals surface area (Å²) in [6.45, 7) is 1.56. The highest BCUT2D eigenvalue weighted by Crippen LogP contribution is 2.05. The third-order valence-electron chi connectivity index (χ3n) is 3.79. The molecule has 3 aromatic rings. The molecule has 0 aliphatic heterocycles. The summed E-state index contributed by atoms with van der Waals surface area (Å²) in [6, 6.07) is 3.49. The zero-order valence-corrected chi connectivity index (χ0v) is 15.3. The van der Waals surface area contributed by atoms with Crippen LogP contribution in [0.3, 0.4) is 0 Å². The van der Waals surface area contributed by atoms with Crippen molar-refractivity contribution in [2.45, 2.75) is 19.6 Å². The summed E-state index contributed by atoms with van der Waals surface area (Å²) in [5, 5.41) is 13.3. The Kier molecular flexibility index (Phi) is 6.41. The Labute approximate surface area is 160 Å². The number of hydrogen-bond donors (Lipinski definition) is 2. The quantitative estimate of drug-likeness (QED) is 0.498. The van der Waals surface area contributed by atoms with Crippen LogP contribution in [0.15, 0.2) is 43.4 Å². The molecule has 0 aromatic carbocycles. The number of carbonyl (C=O) groups is 2. The predicted octanol–water partition coefficient (Wildman–Crippen LogP) is -0.562. The van der Waals surface area contributed by atoms with Gasteiger partial charge in [-0.2, -0.15) is 10.2 Å². The van der Waals surface area contributed by atoms with E-state index >= 15 is 0 Å². The lowest BCUT2D eigenvalue weighted by Gasteiger charge is -2.07. The minimum atomic E-state index is -0.717. The highest BCUT2D eigenvalue weighted by molar-refractivity contribution is 6.35. The van der Waals surface area contributed by atoms with Crippen LogP contribution in [0.2, 0.25) is 0 Å². The van der Waals surface area contributed by atoms with Gasteiger partial charge in [-0.15, -0.1) is 0 Å². The van der Waals surface area contributed by atoms with Gasteiger partial charge in [-0.25, -0.2) is 14.6 Å². The first-order chi connectivity index (χ1) is 13.7. The third kappa shape index (κ3) is 5.20. The second-order valence-corrected chi connectivity index (χ2v) is 5.83. The van der Waals surface area contributed by atoms with E-state index in [1.165, 1.54) is 17.3 Å². The van der Waals surface area contributed by atoms with Crippen molar-refractivity contribution in [2.75, 3.05) is 13.7 Å². The van der Waals surface area contributed by atoms with Gasteiger partial charge in [0.25, 0.3) is 0 Å². The topological polar surface area (TPSA) is 129 Å². The zero-order chi connectivity index (χ0) is 19.8. The molecule has 0 saturated carbocycles. The number of aromatic nitrogens is 6. The van der Waals surface area contributed by atoms with Crippen LogP contribution in [0.5, 0.6) is 0 Å². The fourth-order valence-electron chi connectivity index (χ4n) is 2.35. The number of ether oxygens (including phenoxy) is 1. The molecule has 2 amide bonds. The molecular weight excluding hydrogens is 364 g/mol. The predicted molar refractivity (Wildman–Crippen MR) is 97.0 cm³/mol. The lowest BCUT2D eigenvalue weighted by Crippen LogP contribution is -2.39. The summed E-state index contributed by atoms with van der Waals surface area (Å²) in [4.78, 5) is 32.0. The van der Waals surface area contributed by atoms with Gasteiger partial charge < -0.3 is 15.4 Å². The number of methoxy groups -OCH3 is 1. The molecule has 0 radical (unpaired) electrons. The molecule has 3 aromatic heterocycles. The highest BCUT2D eigenvalue weighted by Gasteiger charge is 2.13. The molecule has 0 bridgehead atoms. The Morgan fingerprint density at radius 2 is 1.93 bits per heavy atom. The van der Waals surface area contributed by atoms with Gasteiger partial charge in [0.1, 0.15) is 12.7 Å². The second-order valence-electron chi connectivity index (χ2n) is 5.83. The second kappa shape index (κ2) is 9.37. The summed E-state index contributed by atoms with van der Waals surface area (Å²) in [6.07, 6.45) is 7.95. The van der Waals surface area contributed by atoms with Crippen molar-refractivity contribution in [2.24, 2.45) is 0 Å². The molecule has 0 spiro atoms. The van der Waals surface area contributed by atoms with Crippen molar-refractivity contribution >= 4 is 11.8 Å². The SMILES string of the molecule is COCCn1cc(CNC(=O)C(=O)NCc2ccnc(-n3cncn3)c2)cn1. The maximum Gasteiger partial charge on any atom is 0.309 e. The number of rotatable bonds is 8. The van der Waals surface area contributed by atoms with Crippen molar-refractivity contribution in [3.8, 4) is 5.82 Å². The molecule has 0 aliphatic carbocycles. The fourth-order valence-corrected chi connectivity index (χ4v) is 2.35. The molecule has 0 atom stereocenters. The molecule has 0 saturated heterocycles. The molecule has 11 heteroatoms. The molecule has 28 heavy (non-hydrogen) atoms. The third-order valence-corrected chi connectivity index (χ3v) is 3.79. The van der Waals surface area contributed by atoms with Crippen molar-refractivity contribution in [3.05, 3.63) is 54.5 Å². The van der Waals surface area contributed by atoms with Crippen LogP contribution in [-0.2, 0) is 34.0 Å². The number of pyridine rings is 1. The lowest BCUT2D eigenvalue weighted by atomic mass is 10.2. The largest absolute Gasteiger partial charge is 0.383 e. The van der Waals surface area contributed by atoms with Crippen molar-refractivity contribution in [3.63, 3.8) is 0 Å². The molecule has 146 valence electrons. The van der Waals surface area contributed by atoms with Crippen LogP contribution >= 0.6 is 0 Å². The van der Waals surface area contributed by atoms with Crippen LogP contribution in [0.1, 0.15) is 11.1 Å². The van der Waals surface area contributed by atoms with E-state index in [2.05, 4.69) is 30.8 Å². The fraction of sp³-hybridized carbons (Fsp3) is 0.294. The first-order valence-corrected chi connectivity index (χ1v) is 8.52. The van der Waals surface area contributed by atoms with Gasteiger partial charge in [-0.3, -0.25) is 14.3 Å². The van der Waals surface area contributed by atoms with Crippen molar-refractivity contribution in [1.82, 2.24) is 40.2 Å². The minimum absolute atomic E-state index is 0.186. The van der Waals surface area contributed by atoms with Gasteiger partial charge in [0.05, 0.1) is 19.3 Å². The monoisotopic (exact) mass is 384 g/mol. The van der Waals surface area contributed by atoms with E-state index in [1.807, 2.05) is 0 Å². The standard InChI is InChI=1S/C17H20N8O3/c1-28-5-4-24-10-14(9-22-24)8-21-17(27)16(26)20-7-13-2-3-19-15(6-13)25-12-18-11-23-25/h2-3,6,9-12H,4-5,7-8H2,1H3,(H,20,26)(H,21,27). The highest BCUT2D eigenvalue weighted by atomic mass is 16.5. The smallest absolute Gasteiger partial charge is 0.309 e. The van der Waals surface area contributed by atoms with E-state index in [4.69, 9.17) is 4.74 Å². The van der Waals surface area contributed by atoms with Gasteiger partial charge in [0.15, 0.2) is 5.82 Å². The van der Waals surface area contributed by atoms with E-state index < -0.39 is 11.8 Å². The summed E-state index contributed by atoms with van der Waals surface area (Å²) in [7, 11) is 1.62. The van der Waals surface area contributed by atoms with Gasteiger partial charge in [-0.1, -0.05) is 0 Å². The molecule has 0 aliphatic rings. The molecule has 0 unspecified atom stereocenters. The summed E-state index contributed by atoms with van der Waals surface area (Å²) >= 11 is 0. The van der Waals surface area contributed by atoms with E-state index in [-0.39, 0.29) is 13.1 Å². The normalized spacial score (nSPS) is 10.6. The van der Waals surface area contributed by atoms with Crippen molar-refractivity contribution < 1.29 is 14.3 Å². The zero-order valence-electron chi connectivity index (χ0n) is 15.3.